The van der Waals surface area contributed by atoms with Gasteiger partial charge in [0.2, 0.25) is 0 Å². The van der Waals surface area contributed by atoms with Gasteiger partial charge in [0.05, 0.1) is 6.10 Å². The lowest BCUT2D eigenvalue weighted by atomic mass is 10.00. The highest BCUT2D eigenvalue weighted by Gasteiger charge is 2.25. The predicted molar refractivity (Wildman–Crippen MR) is 90.4 cm³/mol. The number of carbonyl (C=O) groups is 1. The molecule has 26 heavy (non-hydrogen) atoms. The van der Waals surface area contributed by atoms with Crippen molar-refractivity contribution in [1.82, 2.24) is 10.5 Å². The van der Waals surface area contributed by atoms with E-state index in [2.05, 4.69) is 10.5 Å². The SMILES string of the molecule is CNC(=O)c1c(-c2ccccc2)noc1CC(O)c1ccc(F)c(F)c1. The molecule has 5 nitrogen and oxygen atoms in total. The number of hydrogen-bond acceptors (Lipinski definition) is 4. The number of carbonyl (C=O) groups excluding carboxylic acids is 1. The summed E-state index contributed by atoms with van der Waals surface area (Å²) in [4.78, 5) is 12.3. The summed E-state index contributed by atoms with van der Waals surface area (Å²) in [5.41, 5.74) is 1.39. The molecule has 0 saturated carbocycles. The van der Waals surface area contributed by atoms with Gasteiger partial charge in [-0.05, 0) is 17.7 Å². The van der Waals surface area contributed by atoms with E-state index in [-0.39, 0.29) is 23.3 Å². The topological polar surface area (TPSA) is 75.4 Å². The Balaban J connectivity index is 1.96. The number of halogens is 2. The molecule has 1 heterocycles. The number of aliphatic hydroxyl groups is 1. The molecule has 134 valence electrons. The van der Waals surface area contributed by atoms with E-state index < -0.39 is 23.6 Å². The van der Waals surface area contributed by atoms with Gasteiger partial charge in [0.1, 0.15) is 11.3 Å². The van der Waals surface area contributed by atoms with Crippen molar-refractivity contribution >= 4 is 5.91 Å². The lowest BCUT2D eigenvalue weighted by Gasteiger charge is -2.10. The second-order valence-electron chi connectivity index (χ2n) is 5.67. The van der Waals surface area contributed by atoms with E-state index in [9.17, 15) is 18.7 Å². The Hall–Kier alpha value is -3.06. The molecule has 3 aromatic rings. The Morgan fingerprint density at radius 3 is 2.58 bits per heavy atom. The maximum Gasteiger partial charge on any atom is 0.256 e. The van der Waals surface area contributed by atoms with Crippen molar-refractivity contribution in [3.63, 3.8) is 0 Å². The van der Waals surface area contributed by atoms with Crippen LogP contribution >= 0.6 is 0 Å². The number of hydrogen-bond donors (Lipinski definition) is 2. The number of rotatable bonds is 5. The van der Waals surface area contributed by atoms with Crippen molar-refractivity contribution in [3.05, 3.63) is 77.1 Å². The van der Waals surface area contributed by atoms with Gasteiger partial charge in [0.25, 0.3) is 5.91 Å². The molecule has 1 atom stereocenters. The number of benzene rings is 2. The molecule has 0 spiro atoms. The molecular formula is C19H16F2N2O3. The van der Waals surface area contributed by atoms with Crippen molar-refractivity contribution in [1.29, 1.82) is 0 Å². The summed E-state index contributed by atoms with van der Waals surface area (Å²) < 4.78 is 31.7. The average Bonchev–Trinajstić information content (AvgIpc) is 3.07. The van der Waals surface area contributed by atoms with E-state index in [4.69, 9.17) is 4.52 Å². The maximum absolute atomic E-state index is 13.4. The summed E-state index contributed by atoms with van der Waals surface area (Å²) in [6, 6.07) is 12.1. The smallest absolute Gasteiger partial charge is 0.256 e. The minimum atomic E-state index is -1.19. The molecular weight excluding hydrogens is 342 g/mol. The third-order valence-corrected chi connectivity index (χ3v) is 3.97. The summed E-state index contributed by atoms with van der Waals surface area (Å²) in [7, 11) is 1.47. The molecule has 0 saturated heterocycles. The second-order valence-corrected chi connectivity index (χ2v) is 5.67. The first-order valence-electron chi connectivity index (χ1n) is 7.90. The Bertz CT molecular complexity index is 926. The van der Waals surface area contributed by atoms with Crippen molar-refractivity contribution in [2.75, 3.05) is 7.05 Å². The van der Waals surface area contributed by atoms with Gasteiger partial charge < -0.3 is 14.9 Å². The van der Waals surface area contributed by atoms with Crippen LogP contribution in [-0.2, 0) is 6.42 Å². The van der Waals surface area contributed by atoms with E-state index in [1.54, 1.807) is 24.3 Å². The number of aromatic nitrogens is 1. The number of nitrogens with zero attached hydrogens (tertiary/aromatic N) is 1. The fourth-order valence-electron chi connectivity index (χ4n) is 2.63. The first kappa shape index (κ1) is 17.8. The number of aliphatic hydroxyl groups excluding tert-OH is 1. The fraction of sp³-hybridized carbons (Fsp3) is 0.158. The normalized spacial score (nSPS) is 12.0. The maximum atomic E-state index is 13.4. The molecule has 1 aromatic heterocycles. The third kappa shape index (κ3) is 3.48. The first-order valence-corrected chi connectivity index (χ1v) is 7.90. The Labute approximate surface area is 148 Å². The minimum absolute atomic E-state index is 0.117. The van der Waals surface area contributed by atoms with Gasteiger partial charge in [-0.15, -0.1) is 0 Å². The van der Waals surface area contributed by atoms with E-state index in [1.807, 2.05) is 6.07 Å². The highest BCUT2D eigenvalue weighted by Crippen LogP contribution is 2.29. The monoisotopic (exact) mass is 358 g/mol. The van der Waals surface area contributed by atoms with Gasteiger partial charge in [-0.1, -0.05) is 41.6 Å². The van der Waals surface area contributed by atoms with Crippen LogP contribution in [0.3, 0.4) is 0 Å². The number of amides is 1. The molecule has 1 unspecified atom stereocenters. The van der Waals surface area contributed by atoms with E-state index in [1.165, 1.54) is 13.1 Å². The zero-order valence-corrected chi connectivity index (χ0v) is 13.9. The Morgan fingerprint density at radius 1 is 1.19 bits per heavy atom. The van der Waals surface area contributed by atoms with Crippen LogP contribution in [0.5, 0.6) is 0 Å². The van der Waals surface area contributed by atoms with Crippen LogP contribution in [0.15, 0.2) is 53.1 Å². The molecule has 0 aliphatic carbocycles. The van der Waals surface area contributed by atoms with Crippen molar-refractivity contribution < 1.29 is 23.2 Å². The summed E-state index contributed by atoms with van der Waals surface area (Å²) in [6.07, 6.45) is -1.31. The Morgan fingerprint density at radius 2 is 1.92 bits per heavy atom. The second kappa shape index (κ2) is 7.45. The molecule has 0 radical (unpaired) electrons. The van der Waals surface area contributed by atoms with Gasteiger partial charge in [-0.25, -0.2) is 8.78 Å². The van der Waals surface area contributed by atoms with Gasteiger partial charge >= 0.3 is 0 Å². The van der Waals surface area contributed by atoms with Crippen molar-refractivity contribution in [3.8, 4) is 11.3 Å². The van der Waals surface area contributed by atoms with Crippen LogP contribution in [-0.4, -0.2) is 23.2 Å². The average molecular weight is 358 g/mol. The van der Waals surface area contributed by atoms with Gasteiger partial charge in [0, 0.05) is 19.0 Å². The predicted octanol–water partition coefficient (Wildman–Crippen LogP) is 3.26. The lowest BCUT2D eigenvalue weighted by molar-refractivity contribution is 0.0959. The minimum Gasteiger partial charge on any atom is -0.388 e. The molecule has 2 aromatic carbocycles. The van der Waals surface area contributed by atoms with Crippen LogP contribution in [0.25, 0.3) is 11.3 Å². The van der Waals surface area contributed by atoms with E-state index >= 15 is 0 Å². The van der Waals surface area contributed by atoms with Gasteiger partial charge in [0.15, 0.2) is 17.4 Å². The molecule has 2 N–H and O–H groups in total. The zero-order chi connectivity index (χ0) is 18.7. The molecule has 1 amide bonds. The molecule has 0 aliphatic rings. The van der Waals surface area contributed by atoms with Crippen LogP contribution in [0.2, 0.25) is 0 Å². The standard InChI is InChI=1S/C19H16F2N2O3/c1-22-19(25)17-16(26-23-18(17)11-5-3-2-4-6-11)10-15(24)12-7-8-13(20)14(21)9-12/h2-9,15,24H,10H2,1H3,(H,22,25). The summed E-state index contributed by atoms with van der Waals surface area (Å²) in [6.45, 7) is 0. The van der Waals surface area contributed by atoms with Crippen LogP contribution in [0.1, 0.15) is 27.8 Å². The molecule has 0 fully saturated rings. The summed E-state index contributed by atoms with van der Waals surface area (Å²) in [5.74, 6) is -2.33. The molecule has 0 aliphatic heterocycles. The van der Waals surface area contributed by atoms with Crippen molar-refractivity contribution in [2.45, 2.75) is 12.5 Å². The van der Waals surface area contributed by atoms with Crippen LogP contribution < -0.4 is 5.32 Å². The highest BCUT2D eigenvalue weighted by molar-refractivity contribution is 6.00. The lowest BCUT2D eigenvalue weighted by Crippen LogP contribution is -2.20. The van der Waals surface area contributed by atoms with Gasteiger partial charge in [-0.3, -0.25) is 4.79 Å². The molecule has 7 heteroatoms. The van der Waals surface area contributed by atoms with Crippen molar-refractivity contribution in [2.24, 2.45) is 0 Å². The highest BCUT2D eigenvalue weighted by atomic mass is 19.2. The van der Waals surface area contributed by atoms with Crippen LogP contribution in [0.4, 0.5) is 8.78 Å². The quantitative estimate of drug-likeness (QED) is 0.734. The third-order valence-electron chi connectivity index (χ3n) is 3.97. The van der Waals surface area contributed by atoms with E-state index in [0.29, 0.717) is 11.3 Å². The zero-order valence-electron chi connectivity index (χ0n) is 13.9. The number of nitrogens with one attached hydrogen (secondary N) is 1. The van der Waals surface area contributed by atoms with Gasteiger partial charge in [-0.2, -0.15) is 0 Å². The van der Waals surface area contributed by atoms with Crippen LogP contribution in [0, 0.1) is 11.6 Å². The molecule has 3 rings (SSSR count). The molecule has 0 bridgehead atoms. The first-order chi connectivity index (χ1) is 12.5. The summed E-state index contributed by atoms with van der Waals surface area (Å²) >= 11 is 0. The van der Waals surface area contributed by atoms with E-state index in [0.717, 1.165) is 12.1 Å². The fourth-order valence-corrected chi connectivity index (χ4v) is 2.63. The largest absolute Gasteiger partial charge is 0.388 e. The summed E-state index contributed by atoms with van der Waals surface area (Å²) in [5, 5.41) is 16.8. The Kier molecular flexibility index (Phi) is 5.09.